The van der Waals surface area contributed by atoms with Crippen molar-refractivity contribution in [3.8, 4) is 0 Å². The van der Waals surface area contributed by atoms with Crippen molar-refractivity contribution in [3.05, 3.63) is 35.4 Å². The zero-order chi connectivity index (χ0) is 12.7. The number of rotatable bonds is 7. The first-order valence-electron chi connectivity index (χ1n) is 6.64. The summed E-state index contributed by atoms with van der Waals surface area (Å²) in [5.74, 6) is 0. The Hall–Kier alpha value is -0.860. The van der Waals surface area contributed by atoms with Crippen LogP contribution in [0.15, 0.2) is 24.3 Å². The van der Waals surface area contributed by atoms with Gasteiger partial charge in [0.2, 0.25) is 0 Å². The topological polar surface area (TPSA) is 15.3 Å². The molecule has 1 atom stereocenters. The minimum atomic E-state index is 0.487. The van der Waals surface area contributed by atoms with E-state index in [0.717, 1.165) is 25.9 Å². The summed E-state index contributed by atoms with van der Waals surface area (Å²) in [6, 6.07) is 9.49. The molecule has 0 saturated carbocycles. The van der Waals surface area contributed by atoms with Gasteiger partial charge in [-0.15, -0.1) is 0 Å². The Bertz CT molecular complexity index is 303. The van der Waals surface area contributed by atoms with E-state index in [1.54, 1.807) is 0 Å². The average Bonchev–Trinajstić information content (AvgIpc) is 2.34. The van der Waals surface area contributed by atoms with Gasteiger partial charge in [0.15, 0.2) is 0 Å². The zero-order valence-electron chi connectivity index (χ0n) is 11.7. The quantitative estimate of drug-likeness (QED) is 0.780. The maximum atomic E-state index is 3.61. The van der Waals surface area contributed by atoms with Crippen molar-refractivity contribution < 1.29 is 0 Å². The number of benzene rings is 1. The van der Waals surface area contributed by atoms with Gasteiger partial charge in [-0.1, -0.05) is 38.1 Å². The Morgan fingerprint density at radius 3 is 2.24 bits per heavy atom. The van der Waals surface area contributed by atoms with Gasteiger partial charge in [0.05, 0.1) is 0 Å². The van der Waals surface area contributed by atoms with E-state index < -0.39 is 0 Å². The third kappa shape index (κ3) is 4.88. The molecule has 0 aliphatic carbocycles. The lowest BCUT2D eigenvalue weighted by Gasteiger charge is -2.19. The molecule has 0 aromatic heterocycles. The van der Waals surface area contributed by atoms with Crippen LogP contribution in [0.5, 0.6) is 0 Å². The molecule has 0 fully saturated rings. The Kier molecular flexibility index (Phi) is 6.23. The molecule has 2 heteroatoms. The molecule has 96 valence electrons. The molecule has 1 rings (SSSR count). The van der Waals surface area contributed by atoms with E-state index in [1.165, 1.54) is 11.1 Å². The van der Waals surface area contributed by atoms with Gasteiger partial charge in [-0.3, -0.25) is 0 Å². The van der Waals surface area contributed by atoms with E-state index in [2.05, 4.69) is 62.4 Å². The second kappa shape index (κ2) is 7.46. The first kappa shape index (κ1) is 14.2. The number of hydrogen-bond acceptors (Lipinski definition) is 2. The van der Waals surface area contributed by atoms with Crippen molar-refractivity contribution in [2.75, 3.05) is 27.2 Å². The van der Waals surface area contributed by atoms with E-state index in [0.29, 0.717) is 6.04 Å². The van der Waals surface area contributed by atoms with Gasteiger partial charge in [-0.25, -0.2) is 0 Å². The van der Waals surface area contributed by atoms with Gasteiger partial charge in [-0.2, -0.15) is 0 Å². The van der Waals surface area contributed by atoms with Crippen LogP contribution in [0.25, 0.3) is 0 Å². The molecule has 1 aromatic carbocycles. The van der Waals surface area contributed by atoms with Crippen molar-refractivity contribution >= 4 is 0 Å². The highest BCUT2D eigenvalue weighted by molar-refractivity contribution is 5.24. The molecule has 1 N–H and O–H groups in total. The Balaban J connectivity index is 2.53. The van der Waals surface area contributed by atoms with Crippen molar-refractivity contribution in [2.24, 2.45) is 0 Å². The first-order valence-corrected chi connectivity index (χ1v) is 6.64. The average molecular weight is 234 g/mol. The van der Waals surface area contributed by atoms with Crippen LogP contribution in [0.3, 0.4) is 0 Å². The molecule has 0 bridgehead atoms. The summed E-state index contributed by atoms with van der Waals surface area (Å²) < 4.78 is 0. The Labute approximate surface area is 106 Å². The summed E-state index contributed by atoms with van der Waals surface area (Å²) in [6.07, 6.45) is 2.25. The van der Waals surface area contributed by atoms with Crippen LogP contribution in [-0.4, -0.2) is 32.1 Å². The molecule has 0 radical (unpaired) electrons. The molecule has 0 spiro atoms. The van der Waals surface area contributed by atoms with Crippen LogP contribution in [0, 0.1) is 0 Å². The summed E-state index contributed by atoms with van der Waals surface area (Å²) in [5, 5.41) is 3.61. The number of likely N-dealkylation sites (N-methyl/N-ethyl adjacent to an activating group) is 1. The van der Waals surface area contributed by atoms with Crippen LogP contribution < -0.4 is 5.32 Å². The molecule has 1 unspecified atom stereocenters. The molecular weight excluding hydrogens is 208 g/mol. The Morgan fingerprint density at radius 2 is 1.76 bits per heavy atom. The minimum Gasteiger partial charge on any atom is -0.309 e. The summed E-state index contributed by atoms with van der Waals surface area (Å²) in [5.41, 5.74) is 2.82. The van der Waals surface area contributed by atoms with Crippen molar-refractivity contribution in [1.29, 1.82) is 0 Å². The van der Waals surface area contributed by atoms with E-state index in [9.17, 15) is 0 Å². The summed E-state index contributed by atoms with van der Waals surface area (Å²) in [7, 11) is 4.22. The Morgan fingerprint density at radius 1 is 1.12 bits per heavy atom. The fourth-order valence-corrected chi connectivity index (χ4v) is 1.95. The normalized spacial score (nSPS) is 13.0. The lowest BCUT2D eigenvalue weighted by molar-refractivity contribution is 0.382. The monoisotopic (exact) mass is 234 g/mol. The van der Waals surface area contributed by atoms with Gasteiger partial charge in [0.1, 0.15) is 0 Å². The van der Waals surface area contributed by atoms with E-state index in [-0.39, 0.29) is 0 Å². The summed E-state index contributed by atoms with van der Waals surface area (Å²) in [6.45, 7) is 6.56. The van der Waals surface area contributed by atoms with Gasteiger partial charge in [0, 0.05) is 19.1 Å². The molecular formula is C15H26N2. The molecule has 0 amide bonds. The van der Waals surface area contributed by atoms with Crippen molar-refractivity contribution in [2.45, 2.75) is 32.7 Å². The summed E-state index contributed by atoms with van der Waals surface area (Å²) in [4.78, 5) is 2.21. The number of nitrogens with zero attached hydrogens (tertiary/aromatic N) is 1. The van der Waals surface area contributed by atoms with Gasteiger partial charge >= 0.3 is 0 Å². The fraction of sp³-hybridized carbons (Fsp3) is 0.600. The third-order valence-electron chi connectivity index (χ3n) is 3.15. The fourth-order valence-electron chi connectivity index (χ4n) is 1.95. The maximum absolute atomic E-state index is 3.61. The molecule has 2 nitrogen and oxygen atoms in total. The predicted octanol–water partition coefficient (Wildman–Crippen LogP) is 2.85. The molecule has 0 aliphatic heterocycles. The second-order valence-electron chi connectivity index (χ2n) is 4.81. The molecule has 0 heterocycles. The highest BCUT2D eigenvalue weighted by atomic mass is 15.1. The van der Waals surface area contributed by atoms with E-state index >= 15 is 0 Å². The van der Waals surface area contributed by atoms with Crippen LogP contribution in [-0.2, 0) is 6.42 Å². The zero-order valence-corrected chi connectivity index (χ0v) is 11.7. The van der Waals surface area contributed by atoms with E-state index in [1.807, 2.05) is 0 Å². The highest BCUT2D eigenvalue weighted by Crippen LogP contribution is 2.17. The van der Waals surface area contributed by atoms with E-state index in [4.69, 9.17) is 0 Å². The molecule has 17 heavy (non-hydrogen) atoms. The first-order chi connectivity index (χ1) is 8.17. The maximum Gasteiger partial charge on any atom is 0.0318 e. The van der Waals surface area contributed by atoms with Crippen LogP contribution in [0.4, 0.5) is 0 Å². The van der Waals surface area contributed by atoms with Crippen LogP contribution >= 0.6 is 0 Å². The van der Waals surface area contributed by atoms with Crippen molar-refractivity contribution in [1.82, 2.24) is 10.2 Å². The van der Waals surface area contributed by atoms with Crippen molar-refractivity contribution in [3.63, 3.8) is 0 Å². The van der Waals surface area contributed by atoms with Crippen LogP contribution in [0.1, 0.15) is 37.4 Å². The molecule has 0 saturated heterocycles. The third-order valence-corrected chi connectivity index (χ3v) is 3.15. The smallest absolute Gasteiger partial charge is 0.0318 e. The molecule has 0 aliphatic rings. The largest absolute Gasteiger partial charge is 0.309 e. The van der Waals surface area contributed by atoms with Crippen LogP contribution in [0.2, 0.25) is 0 Å². The lowest BCUT2D eigenvalue weighted by atomic mass is 10.0. The van der Waals surface area contributed by atoms with Gasteiger partial charge in [0.25, 0.3) is 0 Å². The second-order valence-corrected chi connectivity index (χ2v) is 4.81. The standard InChI is InChI=1S/C15H26N2/c1-5-13-7-9-14(10-8-13)15(6-2)16-11-12-17(3)4/h7-10,15-16H,5-6,11-12H2,1-4H3. The SMILES string of the molecule is CCc1ccc(C(CC)NCCN(C)C)cc1. The minimum absolute atomic E-state index is 0.487. The lowest BCUT2D eigenvalue weighted by Crippen LogP contribution is -2.29. The predicted molar refractivity (Wildman–Crippen MR) is 75.4 cm³/mol. The highest BCUT2D eigenvalue weighted by Gasteiger charge is 2.07. The molecule has 1 aromatic rings. The number of nitrogens with one attached hydrogen (secondary N) is 1. The van der Waals surface area contributed by atoms with Gasteiger partial charge < -0.3 is 10.2 Å². The number of aryl methyl sites for hydroxylation is 1. The van der Waals surface area contributed by atoms with Gasteiger partial charge in [-0.05, 0) is 38.1 Å². The summed E-state index contributed by atoms with van der Waals surface area (Å²) >= 11 is 0. The number of hydrogen-bond donors (Lipinski definition) is 1.